The van der Waals surface area contributed by atoms with Gasteiger partial charge in [-0.2, -0.15) is 0 Å². The molecular weight excluding hydrogens is 416 g/mol. The average Bonchev–Trinajstić information content (AvgIpc) is 3.25. The minimum absolute atomic E-state index is 0.0140. The second-order valence-corrected chi connectivity index (χ2v) is 9.28. The normalized spacial score (nSPS) is 20.7. The highest BCUT2D eigenvalue weighted by atomic mass is 16.2. The fourth-order valence-corrected chi connectivity index (χ4v) is 5.82. The molecule has 0 bridgehead atoms. The van der Waals surface area contributed by atoms with Crippen LogP contribution in [0.3, 0.4) is 0 Å². The summed E-state index contributed by atoms with van der Waals surface area (Å²) in [7, 11) is 0. The van der Waals surface area contributed by atoms with E-state index in [-0.39, 0.29) is 18.0 Å². The Morgan fingerprint density at radius 1 is 0.765 bits per heavy atom. The highest BCUT2D eigenvalue weighted by Crippen LogP contribution is 2.56. The van der Waals surface area contributed by atoms with Crippen molar-refractivity contribution in [2.75, 3.05) is 4.90 Å². The van der Waals surface area contributed by atoms with Crippen molar-refractivity contribution in [3.05, 3.63) is 137 Å². The average molecular weight is 445 g/mol. The van der Waals surface area contributed by atoms with E-state index in [1.807, 2.05) is 36.4 Å². The van der Waals surface area contributed by atoms with Gasteiger partial charge < -0.3 is 5.32 Å². The van der Waals surface area contributed by atoms with Crippen LogP contribution in [-0.2, 0) is 6.54 Å². The largest absolute Gasteiger partial charge is 0.306 e. The molecule has 0 saturated heterocycles. The lowest BCUT2D eigenvalue weighted by Crippen LogP contribution is -2.33. The van der Waals surface area contributed by atoms with Crippen LogP contribution >= 0.6 is 0 Å². The van der Waals surface area contributed by atoms with Crippen LogP contribution in [0.2, 0.25) is 0 Å². The number of hydrogen-bond acceptors (Lipinski definition) is 2. The first-order valence-corrected chi connectivity index (χ1v) is 12.1. The van der Waals surface area contributed by atoms with Crippen LogP contribution in [0.25, 0.3) is 0 Å². The Morgan fingerprint density at radius 3 is 2.18 bits per heavy atom. The second kappa shape index (κ2) is 8.92. The van der Waals surface area contributed by atoms with Crippen LogP contribution in [-0.4, -0.2) is 5.91 Å². The van der Waals surface area contributed by atoms with E-state index in [0.29, 0.717) is 5.92 Å². The van der Waals surface area contributed by atoms with E-state index < -0.39 is 0 Å². The molecule has 0 spiro atoms. The third kappa shape index (κ3) is 3.63. The van der Waals surface area contributed by atoms with Crippen LogP contribution in [0, 0.1) is 0 Å². The van der Waals surface area contributed by atoms with E-state index in [2.05, 4.69) is 83.0 Å². The lowest BCUT2D eigenvalue weighted by atomic mass is 9.77. The summed E-state index contributed by atoms with van der Waals surface area (Å²) in [6, 6.07) is 37.6. The molecule has 3 heteroatoms. The molecule has 34 heavy (non-hydrogen) atoms. The zero-order valence-electron chi connectivity index (χ0n) is 19.1. The Labute approximate surface area is 201 Å². The molecule has 168 valence electrons. The van der Waals surface area contributed by atoms with E-state index >= 15 is 0 Å². The standard InChI is InChI=1S/C31H28N2O/c34-31(24-15-8-3-9-16-24)33-28-18-10-17-25-27(32-21-22-11-4-1-5-12-22)20-19-26(29(25)28)30(33)23-13-6-2-7-14-23/h1-18,26-27,30,32H,19-21H2. The Bertz CT molecular complexity index is 1290. The molecule has 3 unspecified atom stereocenters. The molecule has 1 amide bonds. The number of nitrogens with one attached hydrogen (secondary N) is 1. The molecule has 1 heterocycles. The van der Waals surface area contributed by atoms with Crippen LogP contribution in [0.4, 0.5) is 5.69 Å². The molecule has 0 aromatic heterocycles. The van der Waals surface area contributed by atoms with Gasteiger partial charge in [0.25, 0.3) is 5.91 Å². The molecule has 4 aromatic carbocycles. The summed E-state index contributed by atoms with van der Waals surface area (Å²) in [5.74, 6) is 0.377. The minimum atomic E-state index is 0.0140. The number of rotatable bonds is 5. The van der Waals surface area contributed by atoms with Crippen molar-refractivity contribution < 1.29 is 4.79 Å². The number of hydrogen-bond donors (Lipinski definition) is 1. The van der Waals surface area contributed by atoms with Gasteiger partial charge in [0.05, 0.1) is 6.04 Å². The van der Waals surface area contributed by atoms with Crippen LogP contribution in [0.15, 0.2) is 109 Å². The summed E-state index contributed by atoms with van der Waals surface area (Å²) in [6.45, 7) is 0.842. The van der Waals surface area contributed by atoms with Gasteiger partial charge in [0, 0.05) is 29.8 Å². The maximum absolute atomic E-state index is 13.9. The van der Waals surface area contributed by atoms with Crippen molar-refractivity contribution in [2.24, 2.45) is 0 Å². The van der Waals surface area contributed by atoms with Gasteiger partial charge in [-0.15, -0.1) is 0 Å². The monoisotopic (exact) mass is 444 g/mol. The van der Waals surface area contributed by atoms with E-state index in [1.165, 1.54) is 22.3 Å². The third-order valence-electron chi connectivity index (χ3n) is 7.32. The van der Waals surface area contributed by atoms with E-state index in [4.69, 9.17) is 0 Å². The molecule has 4 aromatic rings. The van der Waals surface area contributed by atoms with Crippen molar-refractivity contribution in [1.82, 2.24) is 5.32 Å². The Balaban J connectivity index is 1.41. The van der Waals surface area contributed by atoms with Gasteiger partial charge in [0.15, 0.2) is 0 Å². The fraction of sp³-hybridized carbons (Fsp3) is 0.194. The van der Waals surface area contributed by atoms with Gasteiger partial charge in [0.1, 0.15) is 0 Å². The van der Waals surface area contributed by atoms with Gasteiger partial charge in [-0.25, -0.2) is 0 Å². The highest BCUT2D eigenvalue weighted by Gasteiger charge is 2.46. The van der Waals surface area contributed by atoms with Crippen LogP contribution in [0.5, 0.6) is 0 Å². The lowest BCUT2D eigenvalue weighted by Gasteiger charge is -2.33. The number of amides is 1. The minimum Gasteiger partial charge on any atom is -0.306 e. The molecule has 3 nitrogen and oxygen atoms in total. The summed E-state index contributed by atoms with van der Waals surface area (Å²) >= 11 is 0. The highest BCUT2D eigenvalue weighted by molar-refractivity contribution is 6.08. The number of carbonyl (C=O) groups excluding carboxylic acids is 1. The Hall–Kier alpha value is -3.69. The van der Waals surface area contributed by atoms with E-state index in [1.54, 1.807) is 0 Å². The molecule has 1 N–H and O–H groups in total. The number of anilines is 1. The first kappa shape index (κ1) is 20.9. The summed E-state index contributed by atoms with van der Waals surface area (Å²) < 4.78 is 0. The number of nitrogens with zero attached hydrogens (tertiary/aromatic N) is 1. The Morgan fingerprint density at radius 2 is 1.44 bits per heavy atom. The van der Waals surface area contributed by atoms with Crippen molar-refractivity contribution in [1.29, 1.82) is 0 Å². The zero-order chi connectivity index (χ0) is 22.9. The quantitative estimate of drug-likeness (QED) is 0.367. The second-order valence-electron chi connectivity index (χ2n) is 9.28. The van der Waals surface area contributed by atoms with Gasteiger partial charge in [-0.3, -0.25) is 9.69 Å². The van der Waals surface area contributed by atoms with Crippen molar-refractivity contribution in [3.8, 4) is 0 Å². The van der Waals surface area contributed by atoms with Crippen LogP contribution < -0.4 is 10.2 Å². The topological polar surface area (TPSA) is 32.3 Å². The zero-order valence-corrected chi connectivity index (χ0v) is 19.1. The SMILES string of the molecule is O=C(c1ccccc1)N1c2cccc3c2C(CCC3NCc2ccccc2)C1c1ccccc1. The predicted molar refractivity (Wildman–Crippen MR) is 137 cm³/mol. The number of carbonyl (C=O) groups is 1. The number of benzene rings is 4. The smallest absolute Gasteiger partial charge is 0.258 e. The van der Waals surface area contributed by atoms with Crippen molar-refractivity contribution >= 4 is 11.6 Å². The fourth-order valence-electron chi connectivity index (χ4n) is 5.82. The lowest BCUT2D eigenvalue weighted by molar-refractivity contribution is 0.0976. The Kier molecular flexibility index (Phi) is 5.48. The maximum Gasteiger partial charge on any atom is 0.258 e. The van der Waals surface area contributed by atoms with Crippen LogP contribution in [0.1, 0.15) is 63.5 Å². The van der Waals surface area contributed by atoms with Crippen molar-refractivity contribution in [3.63, 3.8) is 0 Å². The van der Waals surface area contributed by atoms with Gasteiger partial charge in [0.2, 0.25) is 0 Å². The van der Waals surface area contributed by atoms with Gasteiger partial charge in [-0.1, -0.05) is 91.0 Å². The third-order valence-corrected chi connectivity index (χ3v) is 7.32. The maximum atomic E-state index is 13.9. The van der Waals surface area contributed by atoms with Gasteiger partial charge in [-0.05, 0) is 53.3 Å². The molecule has 0 fully saturated rings. The first-order chi connectivity index (χ1) is 16.8. The summed E-state index contributed by atoms with van der Waals surface area (Å²) in [5.41, 5.74) is 6.98. The molecule has 1 aliphatic heterocycles. The molecule has 0 radical (unpaired) electrons. The summed E-state index contributed by atoms with van der Waals surface area (Å²) in [4.78, 5) is 16.0. The van der Waals surface area contributed by atoms with Crippen molar-refractivity contribution in [2.45, 2.75) is 37.4 Å². The van der Waals surface area contributed by atoms with E-state index in [9.17, 15) is 4.79 Å². The summed E-state index contributed by atoms with van der Waals surface area (Å²) in [5, 5.41) is 3.80. The molecule has 1 aliphatic carbocycles. The predicted octanol–water partition coefficient (Wildman–Crippen LogP) is 6.80. The molecular formula is C31H28N2O. The molecule has 6 rings (SSSR count). The molecule has 2 aliphatic rings. The first-order valence-electron chi connectivity index (χ1n) is 12.1. The van der Waals surface area contributed by atoms with E-state index in [0.717, 1.165) is 30.6 Å². The molecule has 3 atom stereocenters. The van der Waals surface area contributed by atoms with Gasteiger partial charge >= 0.3 is 0 Å². The molecule has 0 saturated carbocycles. The summed E-state index contributed by atoms with van der Waals surface area (Å²) in [6.07, 6.45) is 2.11.